The van der Waals surface area contributed by atoms with Crippen molar-refractivity contribution < 1.29 is 19.1 Å². The SMILES string of the molecule is C[C@@H](NC(=O)CCN1C(=O)c2ccccc2C1=O)[C@@H]1CCCO1. The predicted octanol–water partition coefficient (Wildman–Crippen LogP) is 1.36. The molecule has 0 bridgehead atoms. The largest absolute Gasteiger partial charge is 0.376 e. The maximum Gasteiger partial charge on any atom is 0.261 e. The number of imide groups is 1. The molecule has 2 heterocycles. The Kier molecular flexibility index (Phi) is 4.43. The van der Waals surface area contributed by atoms with Crippen LogP contribution in [0.4, 0.5) is 0 Å². The van der Waals surface area contributed by atoms with Gasteiger partial charge < -0.3 is 10.1 Å². The Labute approximate surface area is 134 Å². The van der Waals surface area contributed by atoms with Gasteiger partial charge in [0.2, 0.25) is 5.91 Å². The second-order valence-corrected chi connectivity index (χ2v) is 5.97. The van der Waals surface area contributed by atoms with Crippen LogP contribution in [0.25, 0.3) is 0 Å². The minimum Gasteiger partial charge on any atom is -0.376 e. The molecule has 1 aromatic carbocycles. The Balaban J connectivity index is 1.53. The normalized spacial score (nSPS) is 21.4. The molecule has 1 N–H and O–H groups in total. The molecule has 2 atom stereocenters. The number of ether oxygens (including phenoxy) is 1. The molecule has 3 amide bonds. The van der Waals surface area contributed by atoms with Crippen molar-refractivity contribution in [3.05, 3.63) is 35.4 Å². The van der Waals surface area contributed by atoms with Gasteiger partial charge >= 0.3 is 0 Å². The summed E-state index contributed by atoms with van der Waals surface area (Å²) in [6.45, 7) is 2.74. The van der Waals surface area contributed by atoms with E-state index in [2.05, 4.69) is 5.32 Å². The van der Waals surface area contributed by atoms with E-state index in [0.29, 0.717) is 11.1 Å². The molecule has 2 aliphatic rings. The molecular formula is C17H20N2O4. The number of benzene rings is 1. The van der Waals surface area contributed by atoms with Gasteiger partial charge in [0.15, 0.2) is 0 Å². The molecule has 1 fully saturated rings. The van der Waals surface area contributed by atoms with Crippen LogP contribution < -0.4 is 5.32 Å². The van der Waals surface area contributed by atoms with Gasteiger partial charge in [-0.15, -0.1) is 0 Å². The minimum atomic E-state index is -0.328. The zero-order valence-corrected chi connectivity index (χ0v) is 13.1. The molecule has 23 heavy (non-hydrogen) atoms. The van der Waals surface area contributed by atoms with Crippen molar-refractivity contribution >= 4 is 17.7 Å². The van der Waals surface area contributed by atoms with Crippen LogP contribution in [0.2, 0.25) is 0 Å². The highest BCUT2D eigenvalue weighted by atomic mass is 16.5. The van der Waals surface area contributed by atoms with Gasteiger partial charge in [-0.1, -0.05) is 12.1 Å². The smallest absolute Gasteiger partial charge is 0.261 e. The van der Waals surface area contributed by atoms with E-state index in [1.54, 1.807) is 24.3 Å². The summed E-state index contributed by atoms with van der Waals surface area (Å²) in [6.07, 6.45) is 2.11. The Hall–Kier alpha value is -2.21. The van der Waals surface area contributed by atoms with Crippen LogP contribution in [-0.2, 0) is 9.53 Å². The molecule has 0 aromatic heterocycles. The first-order valence-electron chi connectivity index (χ1n) is 7.94. The van der Waals surface area contributed by atoms with Gasteiger partial charge in [-0.3, -0.25) is 19.3 Å². The maximum absolute atomic E-state index is 12.2. The fraction of sp³-hybridized carbons (Fsp3) is 0.471. The molecule has 3 rings (SSSR count). The summed E-state index contributed by atoms with van der Waals surface area (Å²) in [5.41, 5.74) is 0.816. The number of hydrogen-bond acceptors (Lipinski definition) is 4. The molecule has 0 aliphatic carbocycles. The van der Waals surface area contributed by atoms with E-state index in [9.17, 15) is 14.4 Å². The standard InChI is InChI=1S/C17H20N2O4/c1-11(14-7-4-10-23-14)18-15(20)8-9-19-16(21)12-5-2-3-6-13(12)17(19)22/h2-3,5-6,11,14H,4,7-10H2,1H3,(H,18,20)/t11-,14+/m1/s1. The number of fused-ring (bicyclic) bond motifs is 1. The van der Waals surface area contributed by atoms with E-state index in [-0.39, 0.29) is 42.8 Å². The monoisotopic (exact) mass is 316 g/mol. The summed E-state index contributed by atoms with van der Waals surface area (Å²) in [6, 6.07) is 6.66. The minimum absolute atomic E-state index is 0.0539. The summed E-state index contributed by atoms with van der Waals surface area (Å²) in [5.74, 6) is -0.833. The van der Waals surface area contributed by atoms with Gasteiger partial charge in [0.1, 0.15) is 0 Å². The second kappa shape index (κ2) is 6.50. The molecule has 122 valence electrons. The highest BCUT2D eigenvalue weighted by Crippen LogP contribution is 2.22. The fourth-order valence-corrected chi connectivity index (χ4v) is 3.07. The Morgan fingerprint density at radius 3 is 2.52 bits per heavy atom. The number of rotatable bonds is 5. The third-order valence-electron chi connectivity index (χ3n) is 4.35. The van der Waals surface area contributed by atoms with Crippen molar-refractivity contribution in [3.8, 4) is 0 Å². The number of nitrogens with one attached hydrogen (secondary N) is 1. The van der Waals surface area contributed by atoms with Gasteiger partial charge in [0.05, 0.1) is 23.3 Å². The third-order valence-corrected chi connectivity index (χ3v) is 4.35. The van der Waals surface area contributed by atoms with E-state index in [1.807, 2.05) is 6.92 Å². The van der Waals surface area contributed by atoms with Crippen LogP contribution >= 0.6 is 0 Å². The summed E-state index contributed by atoms with van der Waals surface area (Å²) in [7, 11) is 0. The molecule has 0 unspecified atom stereocenters. The average Bonchev–Trinajstić information content (AvgIpc) is 3.15. The Morgan fingerprint density at radius 2 is 1.96 bits per heavy atom. The van der Waals surface area contributed by atoms with Crippen molar-refractivity contribution in [2.24, 2.45) is 0 Å². The summed E-state index contributed by atoms with van der Waals surface area (Å²) in [4.78, 5) is 37.6. The first kappa shape index (κ1) is 15.7. The zero-order valence-electron chi connectivity index (χ0n) is 13.1. The number of carbonyl (C=O) groups is 3. The molecule has 0 radical (unpaired) electrons. The molecule has 6 heteroatoms. The predicted molar refractivity (Wildman–Crippen MR) is 83.0 cm³/mol. The van der Waals surface area contributed by atoms with Crippen molar-refractivity contribution in [2.45, 2.75) is 38.3 Å². The first-order valence-corrected chi connectivity index (χ1v) is 7.94. The zero-order chi connectivity index (χ0) is 16.4. The molecule has 0 saturated carbocycles. The molecule has 2 aliphatic heterocycles. The molecule has 1 aromatic rings. The Morgan fingerprint density at radius 1 is 1.30 bits per heavy atom. The van der Waals surface area contributed by atoms with Gasteiger partial charge in [-0.2, -0.15) is 0 Å². The summed E-state index contributed by atoms with van der Waals surface area (Å²) >= 11 is 0. The van der Waals surface area contributed by atoms with Crippen LogP contribution in [-0.4, -0.2) is 47.9 Å². The van der Waals surface area contributed by atoms with Crippen molar-refractivity contribution in [1.29, 1.82) is 0 Å². The lowest BCUT2D eigenvalue weighted by molar-refractivity contribution is -0.122. The van der Waals surface area contributed by atoms with E-state index >= 15 is 0 Å². The van der Waals surface area contributed by atoms with Crippen LogP contribution in [0.3, 0.4) is 0 Å². The maximum atomic E-state index is 12.2. The van der Waals surface area contributed by atoms with Gasteiger partial charge in [0.25, 0.3) is 11.8 Å². The third kappa shape index (κ3) is 3.12. The number of carbonyl (C=O) groups excluding carboxylic acids is 3. The van der Waals surface area contributed by atoms with Crippen LogP contribution in [0.15, 0.2) is 24.3 Å². The first-order chi connectivity index (χ1) is 11.1. The Bertz CT molecular complexity index is 602. The van der Waals surface area contributed by atoms with Crippen LogP contribution in [0, 0.1) is 0 Å². The quantitative estimate of drug-likeness (QED) is 0.832. The van der Waals surface area contributed by atoms with Crippen molar-refractivity contribution in [1.82, 2.24) is 10.2 Å². The van der Waals surface area contributed by atoms with Crippen LogP contribution in [0.5, 0.6) is 0 Å². The van der Waals surface area contributed by atoms with E-state index in [0.717, 1.165) is 24.3 Å². The van der Waals surface area contributed by atoms with Gasteiger partial charge in [-0.25, -0.2) is 0 Å². The van der Waals surface area contributed by atoms with Crippen molar-refractivity contribution in [2.75, 3.05) is 13.2 Å². The lowest BCUT2D eigenvalue weighted by atomic mass is 10.1. The lowest BCUT2D eigenvalue weighted by Crippen LogP contribution is -2.42. The fourth-order valence-electron chi connectivity index (χ4n) is 3.07. The van der Waals surface area contributed by atoms with E-state index < -0.39 is 0 Å². The van der Waals surface area contributed by atoms with E-state index in [4.69, 9.17) is 4.74 Å². The number of nitrogens with zero attached hydrogens (tertiary/aromatic N) is 1. The molecular weight excluding hydrogens is 296 g/mol. The summed E-state index contributed by atoms with van der Waals surface area (Å²) in [5, 5.41) is 2.88. The number of amides is 3. The van der Waals surface area contributed by atoms with Crippen LogP contribution in [0.1, 0.15) is 46.9 Å². The lowest BCUT2D eigenvalue weighted by Gasteiger charge is -2.20. The molecule has 0 spiro atoms. The van der Waals surface area contributed by atoms with Gasteiger partial charge in [-0.05, 0) is 31.9 Å². The highest BCUT2D eigenvalue weighted by molar-refractivity contribution is 6.21. The van der Waals surface area contributed by atoms with E-state index in [1.165, 1.54) is 0 Å². The molecule has 1 saturated heterocycles. The number of hydrogen-bond donors (Lipinski definition) is 1. The highest BCUT2D eigenvalue weighted by Gasteiger charge is 2.35. The van der Waals surface area contributed by atoms with Crippen molar-refractivity contribution in [3.63, 3.8) is 0 Å². The summed E-state index contributed by atoms with van der Waals surface area (Å²) < 4.78 is 5.54. The van der Waals surface area contributed by atoms with Gasteiger partial charge in [0, 0.05) is 19.6 Å². The second-order valence-electron chi connectivity index (χ2n) is 5.97. The average molecular weight is 316 g/mol. The topological polar surface area (TPSA) is 75.7 Å². The molecule has 6 nitrogen and oxygen atoms in total.